The van der Waals surface area contributed by atoms with Crippen LogP contribution in [-0.4, -0.2) is 30.6 Å². The van der Waals surface area contributed by atoms with Gasteiger partial charge in [-0.05, 0) is 63.5 Å². The van der Waals surface area contributed by atoms with E-state index in [4.69, 9.17) is 17.0 Å². The first-order chi connectivity index (χ1) is 15.7. The Hall–Kier alpha value is -2.97. The molecular formula is C25H25N3O3S2. The van der Waals surface area contributed by atoms with Gasteiger partial charge < -0.3 is 4.74 Å². The molecule has 0 bridgehead atoms. The van der Waals surface area contributed by atoms with Gasteiger partial charge in [0.05, 0.1) is 4.91 Å². The van der Waals surface area contributed by atoms with E-state index in [-0.39, 0.29) is 29.0 Å². The van der Waals surface area contributed by atoms with Gasteiger partial charge in [-0.15, -0.1) is 0 Å². The van der Waals surface area contributed by atoms with E-state index in [0.717, 1.165) is 23.1 Å². The minimum atomic E-state index is -0.308. The fourth-order valence-electron chi connectivity index (χ4n) is 3.68. The number of aromatic nitrogens is 2. The molecule has 1 aliphatic heterocycles. The van der Waals surface area contributed by atoms with Crippen LogP contribution in [0.3, 0.4) is 0 Å². The van der Waals surface area contributed by atoms with E-state index >= 15 is 0 Å². The number of ether oxygens (including phenoxy) is 1. The van der Waals surface area contributed by atoms with Crippen LogP contribution in [0.4, 0.5) is 0 Å². The fraction of sp³-hybridized carbons (Fsp3) is 0.280. The zero-order valence-corrected chi connectivity index (χ0v) is 20.8. The third-order valence-corrected chi connectivity index (χ3v) is 7.05. The number of nitrogens with zero attached hydrogens (tertiary/aromatic N) is 3. The number of amides is 1. The molecule has 0 aliphatic carbocycles. The van der Waals surface area contributed by atoms with Gasteiger partial charge in [0.15, 0.2) is 0 Å². The first-order valence-corrected chi connectivity index (χ1v) is 12.0. The molecule has 4 rings (SSSR count). The predicted molar refractivity (Wildman–Crippen MR) is 137 cm³/mol. The Morgan fingerprint density at radius 2 is 1.94 bits per heavy atom. The summed E-state index contributed by atoms with van der Waals surface area (Å²) in [4.78, 5) is 33.3. The number of thiocarbonyl (C=S) groups is 1. The molecule has 6 nitrogen and oxygen atoms in total. The molecule has 1 saturated heterocycles. The lowest BCUT2D eigenvalue weighted by Crippen LogP contribution is -2.36. The van der Waals surface area contributed by atoms with Gasteiger partial charge in [-0.3, -0.25) is 18.9 Å². The molecule has 33 heavy (non-hydrogen) atoms. The summed E-state index contributed by atoms with van der Waals surface area (Å²) in [7, 11) is 0. The Balaban J connectivity index is 1.90. The van der Waals surface area contributed by atoms with Crippen molar-refractivity contribution in [3.05, 3.63) is 74.0 Å². The van der Waals surface area contributed by atoms with Crippen molar-refractivity contribution in [2.24, 2.45) is 0 Å². The maximum atomic E-state index is 13.5. The van der Waals surface area contributed by atoms with Crippen LogP contribution < -0.4 is 10.3 Å². The summed E-state index contributed by atoms with van der Waals surface area (Å²) in [5.74, 6) is 0.563. The van der Waals surface area contributed by atoms with Gasteiger partial charge in [0.2, 0.25) is 5.88 Å². The van der Waals surface area contributed by atoms with Crippen molar-refractivity contribution in [3.63, 3.8) is 0 Å². The van der Waals surface area contributed by atoms with Crippen LogP contribution in [0.25, 0.3) is 11.7 Å². The topological polar surface area (TPSA) is 63.9 Å². The Bertz CT molecular complexity index is 1380. The highest BCUT2D eigenvalue weighted by Gasteiger charge is 2.35. The SMILES string of the molecule is CCC(C)N1C(=O)/C(=C\c2c(Oc3ccc(C)cc3C)nc3c(C)cccn3c2=O)SC1=S. The molecule has 170 valence electrons. The monoisotopic (exact) mass is 479 g/mol. The van der Waals surface area contributed by atoms with E-state index in [9.17, 15) is 9.59 Å². The summed E-state index contributed by atoms with van der Waals surface area (Å²) < 4.78 is 8.14. The van der Waals surface area contributed by atoms with Crippen molar-refractivity contribution in [1.82, 2.24) is 14.3 Å². The van der Waals surface area contributed by atoms with Gasteiger partial charge in [0.1, 0.15) is 21.3 Å². The van der Waals surface area contributed by atoms with Crippen LogP contribution in [0.2, 0.25) is 0 Å². The second-order valence-corrected chi connectivity index (χ2v) is 9.88. The number of thioether (sulfide) groups is 1. The predicted octanol–water partition coefficient (Wildman–Crippen LogP) is 5.41. The zero-order chi connectivity index (χ0) is 23.9. The first-order valence-electron chi connectivity index (χ1n) is 10.8. The minimum Gasteiger partial charge on any atom is -0.438 e. The highest BCUT2D eigenvalue weighted by molar-refractivity contribution is 8.26. The number of pyridine rings is 1. The largest absolute Gasteiger partial charge is 0.438 e. The van der Waals surface area contributed by atoms with E-state index in [2.05, 4.69) is 4.98 Å². The van der Waals surface area contributed by atoms with Gasteiger partial charge >= 0.3 is 0 Å². The highest BCUT2D eigenvalue weighted by Crippen LogP contribution is 2.36. The van der Waals surface area contributed by atoms with Crippen LogP contribution in [0.15, 0.2) is 46.2 Å². The van der Waals surface area contributed by atoms with Crippen molar-refractivity contribution in [3.8, 4) is 11.6 Å². The maximum absolute atomic E-state index is 13.5. The number of aryl methyl sites for hydroxylation is 3. The summed E-state index contributed by atoms with van der Waals surface area (Å²) in [6.45, 7) is 9.80. The molecule has 0 N–H and O–H groups in total. The molecule has 3 aromatic rings. The van der Waals surface area contributed by atoms with Gasteiger partial charge in [0, 0.05) is 12.2 Å². The summed E-state index contributed by atoms with van der Waals surface area (Å²) in [5.41, 5.74) is 3.29. The number of rotatable bonds is 5. The van der Waals surface area contributed by atoms with Crippen molar-refractivity contribution in [1.29, 1.82) is 0 Å². The molecule has 1 amide bonds. The lowest BCUT2D eigenvalue weighted by molar-refractivity contribution is -0.123. The Morgan fingerprint density at radius 1 is 1.18 bits per heavy atom. The molecule has 1 aliphatic rings. The van der Waals surface area contributed by atoms with E-state index < -0.39 is 0 Å². The summed E-state index contributed by atoms with van der Waals surface area (Å²) in [6, 6.07) is 9.47. The molecule has 1 unspecified atom stereocenters. The lowest BCUT2D eigenvalue weighted by Gasteiger charge is -2.21. The van der Waals surface area contributed by atoms with Crippen molar-refractivity contribution in [2.45, 2.75) is 47.1 Å². The van der Waals surface area contributed by atoms with Gasteiger partial charge in [-0.25, -0.2) is 0 Å². The zero-order valence-electron chi connectivity index (χ0n) is 19.2. The Labute approximate surface area is 202 Å². The van der Waals surface area contributed by atoms with Crippen LogP contribution in [0.1, 0.15) is 42.5 Å². The average molecular weight is 480 g/mol. The van der Waals surface area contributed by atoms with Gasteiger partial charge in [-0.2, -0.15) is 4.98 Å². The average Bonchev–Trinajstić information content (AvgIpc) is 3.05. The third kappa shape index (κ3) is 4.32. The van der Waals surface area contributed by atoms with E-state index in [1.807, 2.05) is 58.9 Å². The number of hydrogen-bond donors (Lipinski definition) is 0. The van der Waals surface area contributed by atoms with Gasteiger partial charge in [0.25, 0.3) is 11.5 Å². The third-order valence-electron chi connectivity index (χ3n) is 5.72. The summed E-state index contributed by atoms with van der Waals surface area (Å²) in [6.07, 6.45) is 4.01. The number of fused-ring (bicyclic) bond motifs is 1. The first kappa shape index (κ1) is 23.2. The molecule has 1 aromatic carbocycles. The number of carbonyl (C=O) groups is 1. The van der Waals surface area contributed by atoms with E-state index in [1.54, 1.807) is 23.2 Å². The normalized spacial score (nSPS) is 16.2. The van der Waals surface area contributed by atoms with Crippen LogP contribution in [0.5, 0.6) is 11.6 Å². The Morgan fingerprint density at radius 3 is 2.64 bits per heavy atom. The standard InChI is InChI=1S/C25H25N3O3S2/c1-6-17(5)28-24(30)20(33-25(28)32)13-18-22(31-19-10-9-14(2)12-16(19)4)26-21-15(3)8-7-11-27(21)23(18)29/h7-13,17H,6H2,1-5H3/b20-13+. The Kier molecular flexibility index (Phi) is 6.41. The van der Waals surface area contributed by atoms with Crippen molar-refractivity contribution >= 4 is 45.9 Å². The van der Waals surface area contributed by atoms with E-state index in [0.29, 0.717) is 20.6 Å². The van der Waals surface area contributed by atoms with Crippen LogP contribution >= 0.6 is 24.0 Å². The molecule has 8 heteroatoms. The van der Waals surface area contributed by atoms with Crippen LogP contribution in [0, 0.1) is 20.8 Å². The second kappa shape index (κ2) is 9.11. The molecule has 1 fully saturated rings. The molecule has 2 aromatic heterocycles. The summed E-state index contributed by atoms with van der Waals surface area (Å²) >= 11 is 6.64. The van der Waals surface area contributed by atoms with E-state index in [1.165, 1.54) is 16.2 Å². The molecule has 1 atom stereocenters. The van der Waals surface area contributed by atoms with Gasteiger partial charge in [-0.1, -0.05) is 54.7 Å². The molecule has 0 radical (unpaired) electrons. The summed E-state index contributed by atoms with van der Waals surface area (Å²) in [5, 5.41) is 0. The molecule has 3 heterocycles. The fourth-order valence-corrected chi connectivity index (χ4v) is 5.13. The van der Waals surface area contributed by atoms with Crippen molar-refractivity contribution < 1.29 is 9.53 Å². The van der Waals surface area contributed by atoms with Crippen molar-refractivity contribution in [2.75, 3.05) is 0 Å². The highest BCUT2D eigenvalue weighted by atomic mass is 32.2. The smallest absolute Gasteiger partial charge is 0.269 e. The quantitative estimate of drug-likeness (QED) is 0.360. The molecular weight excluding hydrogens is 454 g/mol. The maximum Gasteiger partial charge on any atom is 0.269 e. The minimum absolute atomic E-state index is 0.0206. The molecule has 0 saturated carbocycles. The molecule has 0 spiro atoms. The number of carbonyl (C=O) groups excluding carboxylic acids is 1. The second-order valence-electron chi connectivity index (χ2n) is 8.20. The van der Waals surface area contributed by atoms with Crippen LogP contribution in [-0.2, 0) is 4.79 Å². The lowest BCUT2D eigenvalue weighted by atomic mass is 10.1. The number of benzene rings is 1. The number of hydrogen-bond acceptors (Lipinski definition) is 6.